The largest absolute Gasteiger partial charge is 0.465 e. The van der Waals surface area contributed by atoms with Gasteiger partial charge >= 0.3 is 15.2 Å². The van der Waals surface area contributed by atoms with Gasteiger partial charge in [-0.2, -0.15) is 12.7 Å². The van der Waals surface area contributed by atoms with Gasteiger partial charge in [0.1, 0.15) is 6.04 Å². The van der Waals surface area contributed by atoms with Crippen LogP contribution >= 0.6 is 10.7 Å². The first-order valence-corrected chi connectivity index (χ1v) is 6.61. The van der Waals surface area contributed by atoms with Gasteiger partial charge in [-0.05, 0) is 19.8 Å². The van der Waals surface area contributed by atoms with Crippen molar-refractivity contribution in [2.24, 2.45) is 0 Å². The van der Waals surface area contributed by atoms with Crippen molar-refractivity contribution in [2.75, 3.05) is 13.2 Å². The van der Waals surface area contributed by atoms with Crippen LogP contribution in [-0.2, 0) is 18.8 Å². The Morgan fingerprint density at radius 2 is 2.29 bits per heavy atom. The molecule has 1 heterocycles. The van der Waals surface area contributed by atoms with Gasteiger partial charge in [0, 0.05) is 17.2 Å². The zero-order chi connectivity index (χ0) is 10.8. The number of halogens is 1. The Balaban J connectivity index is 2.74. The zero-order valence-electron chi connectivity index (χ0n) is 7.77. The molecule has 7 heteroatoms. The lowest BCUT2D eigenvalue weighted by atomic mass is 10.2. The molecule has 0 aliphatic carbocycles. The Hall–Kier alpha value is -0.330. The number of nitrogens with zero attached hydrogens (tertiary/aromatic N) is 1. The molecule has 1 aliphatic heterocycles. The van der Waals surface area contributed by atoms with Gasteiger partial charge < -0.3 is 4.74 Å². The fourth-order valence-corrected chi connectivity index (χ4v) is 2.81. The van der Waals surface area contributed by atoms with E-state index in [1.165, 1.54) is 0 Å². The molecular formula is C7H12ClNO4S. The smallest absolute Gasteiger partial charge is 0.324 e. The van der Waals surface area contributed by atoms with Gasteiger partial charge in [-0.25, -0.2) is 0 Å². The van der Waals surface area contributed by atoms with Gasteiger partial charge in [-0.3, -0.25) is 4.79 Å². The van der Waals surface area contributed by atoms with Crippen LogP contribution in [0.5, 0.6) is 0 Å². The predicted octanol–water partition coefficient (Wildman–Crippen LogP) is 0.498. The first-order chi connectivity index (χ1) is 6.46. The lowest BCUT2D eigenvalue weighted by Gasteiger charge is -2.18. The Morgan fingerprint density at radius 1 is 1.64 bits per heavy atom. The standard InChI is InChI=1S/C7H12ClNO4S/c1-2-13-7(10)6-4-3-5-9(6)14(8,11)12/h6H,2-5H2,1H3. The Morgan fingerprint density at radius 3 is 2.79 bits per heavy atom. The monoisotopic (exact) mass is 241 g/mol. The third kappa shape index (κ3) is 2.59. The van der Waals surface area contributed by atoms with E-state index >= 15 is 0 Å². The Labute approximate surface area is 87.5 Å². The van der Waals surface area contributed by atoms with Crippen LogP contribution in [0.1, 0.15) is 19.8 Å². The molecule has 0 N–H and O–H groups in total. The van der Waals surface area contributed by atoms with E-state index in [-0.39, 0.29) is 13.2 Å². The van der Waals surface area contributed by atoms with E-state index in [0.29, 0.717) is 12.8 Å². The molecule has 0 aromatic rings. The highest BCUT2D eigenvalue weighted by atomic mass is 35.7. The minimum atomic E-state index is -3.81. The topological polar surface area (TPSA) is 63.7 Å². The van der Waals surface area contributed by atoms with Crippen LogP contribution in [0.2, 0.25) is 0 Å². The van der Waals surface area contributed by atoms with Crippen LogP contribution in [0.3, 0.4) is 0 Å². The van der Waals surface area contributed by atoms with Crippen molar-refractivity contribution in [1.82, 2.24) is 4.31 Å². The number of carbonyl (C=O) groups excluding carboxylic acids is 1. The summed E-state index contributed by atoms with van der Waals surface area (Å²) in [6.45, 7) is 2.20. The number of esters is 1. The summed E-state index contributed by atoms with van der Waals surface area (Å²) in [5.74, 6) is -0.519. The molecular weight excluding hydrogens is 230 g/mol. The minimum Gasteiger partial charge on any atom is -0.465 e. The second-order valence-corrected chi connectivity index (χ2v) is 5.43. The molecule has 0 spiro atoms. The van der Waals surface area contributed by atoms with Gasteiger partial charge in [0.25, 0.3) is 0 Å². The molecule has 14 heavy (non-hydrogen) atoms. The van der Waals surface area contributed by atoms with Crippen molar-refractivity contribution in [2.45, 2.75) is 25.8 Å². The van der Waals surface area contributed by atoms with Gasteiger partial charge in [0.05, 0.1) is 6.61 Å². The fourth-order valence-electron chi connectivity index (χ4n) is 1.48. The van der Waals surface area contributed by atoms with Crippen LogP contribution in [0.15, 0.2) is 0 Å². The molecule has 0 aromatic carbocycles. The summed E-state index contributed by atoms with van der Waals surface area (Å²) < 4.78 is 27.8. The fraction of sp³-hybridized carbons (Fsp3) is 0.857. The molecule has 0 saturated carbocycles. The van der Waals surface area contributed by atoms with Crippen molar-refractivity contribution in [3.05, 3.63) is 0 Å². The third-order valence-corrected chi connectivity index (χ3v) is 3.57. The second-order valence-electron chi connectivity index (χ2n) is 2.96. The van der Waals surface area contributed by atoms with E-state index in [2.05, 4.69) is 0 Å². The van der Waals surface area contributed by atoms with Crippen molar-refractivity contribution in [3.63, 3.8) is 0 Å². The zero-order valence-corrected chi connectivity index (χ0v) is 9.34. The average molecular weight is 242 g/mol. The molecule has 82 valence electrons. The Kier molecular flexibility index (Phi) is 3.74. The van der Waals surface area contributed by atoms with Crippen LogP contribution in [-0.4, -0.2) is 37.9 Å². The molecule has 0 bridgehead atoms. The van der Waals surface area contributed by atoms with Crippen LogP contribution in [0.4, 0.5) is 0 Å². The molecule has 1 saturated heterocycles. The summed E-state index contributed by atoms with van der Waals surface area (Å²) in [7, 11) is 1.36. The summed E-state index contributed by atoms with van der Waals surface area (Å²) in [4.78, 5) is 11.3. The summed E-state index contributed by atoms with van der Waals surface area (Å²) in [6, 6.07) is -0.738. The number of hydrogen-bond donors (Lipinski definition) is 0. The van der Waals surface area contributed by atoms with E-state index in [4.69, 9.17) is 15.4 Å². The Bertz CT molecular complexity index is 316. The summed E-state index contributed by atoms with van der Waals surface area (Å²) in [5.41, 5.74) is 0. The van der Waals surface area contributed by atoms with Crippen molar-refractivity contribution >= 4 is 25.9 Å². The third-order valence-electron chi connectivity index (χ3n) is 2.04. The second kappa shape index (κ2) is 4.46. The maximum Gasteiger partial charge on any atom is 0.324 e. The molecule has 0 amide bonds. The number of hydrogen-bond acceptors (Lipinski definition) is 4. The minimum absolute atomic E-state index is 0.242. The van der Waals surface area contributed by atoms with Gasteiger partial charge in [0.2, 0.25) is 0 Å². The van der Waals surface area contributed by atoms with E-state index in [1.54, 1.807) is 6.92 Å². The van der Waals surface area contributed by atoms with Crippen LogP contribution in [0.25, 0.3) is 0 Å². The summed E-state index contributed by atoms with van der Waals surface area (Å²) in [5, 5.41) is 0. The predicted molar refractivity (Wildman–Crippen MR) is 51.1 cm³/mol. The van der Waals surface area contributed by atoms with Crippen LogP contribution in [0, 0.1) is 0 Å². The van der Waals surface area contributed by atoms with Gasteiger partial charge in [0.15, 0.2) is 0 Å². The van der Waals surface area contributed by atoms with Crippen molar-refractivity contribution in [3.8, 4) is 0 Å². The first-order valence-electron chi connectivity index (χ1n) is 4.35. The van der Waals surface area contributed by atoms with E-state index in [0.717, 1.165) is 4.31 Å². The van der Waals surface area contributed by atoms with Gasteiger partial charge in [-0.1, -0.05) is 0 Å². The molecule has 5 nitrogen and oxygen atoms in total. The highest BCUT2D eigenvalue weighted by Gasteiger charge is 2.38. The van der Waals surface area contributed by atoms with E-state index < -0.39 is 21.2 Å². The number of ether oxygens (including phenoxy) is 1. The van der Waals surface area contributed by atoms with Crippen molar-refractivity contribution in [1.29, 1.82) is 0 Å². The lowest BCUT2D eigenvalue weighted by Crippen LogP contribution is -2.39. The number of carbonyl (C=O) groups is 1. The highest BCUT2D eigenvalue weighted by molar-refractivity contribution is 8.11. The molecule has 1 rings (SSSR count). The molecule has 0 radical (unpaired) electrons. The van der Waals surface area contributed by atoms with E-state index in [1.807, 2.05) is 0 Å². The normalized spacial score (nSPS) is 23.7. The molecule has 0 aromatic heterocycles. The van der Waals surface area contributed by atoms with E-state index in [9.17, 15) is 13.2 Å². The molecule has 1 aliphatic rings. The maximum absolute atomic E-state index is 11.3. The molecule has 1 unspecified atom stereocenters. The highest BCUT2D eigenvalue weighted by Crippen LogP contribution is 2.23. The SMILES string of the molecule is CCOC(=O)C1CCCN1S(=O)(=O)Cl. The van der Waals surface area contributed by atoms with Gasteiger partial charge in [-0.15, -0.1) is 0 Å². The molecule has 1 atom stereocenters. The number of rotatable bonds is 3. The average Bonchev–Trinajstić information content (AvgIpc) is 2.50. The summed E-state index contributed by atoms with van der Waals surface area (Å²) in [6.07, 6.45) is 1.11. The molecule has 1 fully saturated rings. The quantitative estimate of drug-likeness (QED) is 0.533. The van der Waals surface area contributed by atoms with Crippen LogP contribution < -0.4 is 0 Å². The summed E-state index contributed by atoms with van der Waals surface area (Å²) >= 11 is 0. The lowest BCUT2D eigenvalue weighted by molar-refractivity contribution is -0.146. The maximum atomic E-state index is 11.3. The first kappa shape index (κ1) is 11.7. The van der Waals surface area contributed by atoms with Crippen molar-refractivity contribution < 1.29 is 17.9 Å².